The fraction of sp³-hybridized carbons (Fsp3) is 0.391. The molecule has 0 radical (unpaired) electrons. The van der Waals surface area contributed by atoms with Crippen LogP contribution in [0.3, 0.4) is 0 Å². The minimum absolute atomic E-state index is 0.0369. The van der Waals surface area contributed by atoms with Crippen LogP contribution in [0.5, 0.6) is 5.75 Å². The van der Waals surface area contributed by atoms with Crippen molar-refractivity contribution in [1.82, 2.24) is 14.9 Å². The van der Waals surface area contributed by atoms with Crippen molar-refractivity contribution in [3.8, 4) is 5.75 Å². The molecule has 0 fully saturated rings. The van der Waals surface area contributed by atoms with Crippen LogP contribution in [0.2, 0.25) is 0 Å². The fourth-order valence-corrected chi connectivity index (χ4v) is 3.37. The van der Waals surface area contributed by atoms with E-state index in [9.17, 15) is 4.79 Å². The number of nitrogens with zero attached hydrogens (tertiary/aromatic N) is 2. The van der Waals surface area contributed by atoms with E-state index in [1.165, 1.54) is 12.7 Å². The monoisotopic (exact) mass is 395 g/mol. The van der Waals surface area contributed by atoms with Gasteiger partial charge in [0.1, 0.15) is 18.2 Å². The number of para-hydroxylation sites is 2. The van der Waals surface area contributed by atoms with Crippen molar-refractivity contribution in [2.24, 2.45) is 0 Å². The molecule has 29 heavy (non-hydrogen) atoms. The lowest BCUT2D eigenvalue weighted by atomic mass is 10.2. The summed E-state index contributed by atoms with van der Waals surface area (Å²) in [6.07, 6.45) is 1.86. The van der Waals surface area contributed by atoms with Crippen molar-refractivity contribution in [1.29, 1.82) is 0 Å². The minimum atomic E-state index is -0.215. The summed E-state index contributed by atoms with van der Waals surface area (Å²) in [5.41, 5.74) is 3.28. The fourth-order valence-electron chi connectivity index (χ4n) is 3.37. The lowest BCUT2D eigenvalue weighted by molar-refractivity contribution is -0.125. The van der Waals surface area contributed by atoms with Crippen LogP contribution in [0, 0.1) is 0 Å². The Morgan fingerprint density at radius 2 is 1.93 bits per heavy atom. The number of imidazole rings is 1. The van der Waals surface area contributed by atoms with Crippen LogP contribution in [-0.4, -0.2) is 35.8 Å². The highest BCUT2D eigenvalue weighted by molar-refractivity contribution is 5.78. The average molecular weight is 396 g/mol. The summed E-state index contributed by atoms with van der Waals surface area (Å²) in [7, 11) is 1.51. The zero-order chi connectivity index (χ0) is 20.6. The summed E-state index contributed by atoms with van der Waals surface area (Å²) in [4.78, 5) is 16.7. The number of ether oxygens (including phenoxy) is 2. The van der Waals surface area contributed by atoms with Gasteiger partial charge in [-0.1, -0.05) is 31.2 Å². The summed E-state index contributed by atoms with van der Waals surface area (Å²) in [5.74, 6) is 1.57. The van der Waals surface area contributed by atoms with E-state index in [-0.39, 0.29) is 18.6 Å². The highest BCUT2D eigenvalue weighted by Gasteiger charge is 2.18. The third kappa shape index (κ3) is 5.35. The molecule has 1 unspecified atom stereocenters. The summed E-state index contributed by atoms with van der Waals surface area (Å²) >= 11 is 0. The zero-order valence-corrected chi connectivity index (χ0v) is 17.4. The lowest BCUT2D eigenvalue weighted by Crippen LogP contribution is -2.31. The van der Waals surface area contributed by atoms with Gasteiger partial charge in [0.15, 0.2) is 0 Å². The first kappa shape index (κ1) is 20.9. The van der Waals surface area contributed by atoms with E-state index in [4.69, 9.17) is 14.5 Å². The van der Waals surface area contributed by atoms with Crippen molar-refractivity contribution in [2.75, 3.05) is 20.3 Å². The molecule has 3 rings (SSSR count). The highest BCUT2D eigenvalue weighted by atomic mass is 16.5. The van der Waals surface area contributed by atoms with Gasteiger partial charge in [-0.05, 0) is 49.6 Å². The van der Waals surface area contributed by atoms with Crippen LogP contribution >= 0.6 is 0 Å². The van der Waals surface area contributed by atoms with Crippen LogP contribution in [0.25, 0.3) is 11.0 Å². The number of amides is 1. The molecule has 3 aromatic rings. The van der Waals surface area contributed by atoms with Gasteiger partial charge in [0.2, 0.25) is 5.91 Å². The first-order valence-corrected chi connectivity index (χ1v) is 10.1. The number of aryl methyl sites for hydroxylation is 2. The van der Waals surface area contributed by atoms with Gasteiger partial charge in [0.25, 0.3) is 0 Å². The second-order valence-electron chi connectivity index (χ2n) is 7.03. The second-order valence-corrected chi connectivity index (χ2v) is 7.03. The molecule has 0 spiro atoms. The molecule has 0 aliphatic rings. The molecule has 6 nitrogen and oxygen atoms in total. The Balaban J connectivity index is 1.67. The van der Waals surface area contributed by atoms with Crippen molar-refractivity contribution in [3.05, 3.63) is 59.9 Å². The van der Waals surface area contributed by atoms with Crippen molar-refractivity contribution >= 4 is 16.9 Å². The van der Waals surface area contributed by atoms with Crippen LogP contribution in [0.15, 0.2) is 48.5 Å². The predicted octanol–water partition coefficient (Wildman–Crippen LogP) is 3.89. The lowest BCUT2D eigenvalue weighted by Gasteiger charge is -2.16. The van der Waals surface area contributed by atoms with E-state index in [0.717, 1.165) is 42.0 Å². The topological polar surface area (TPSA) is 65.4 Å². The Morgan fingerprint density at radius 3 is 2.66 bits per heavy atom. The number of carbonyl (C=O) groups is 1. The molecule has 0 saturated carbocycles. The van der Waals surface area contributed by atoms with Gasteiger partial charge in [-0.2, -0.15) is 0 Å². The number of fused-ring (bicyclic) bond motifs is 1. The van der Waals surface area contributed by atoms with Crippen LogP contribution in [-0.2, 0) is 22.5 Å². The highest BCUT2D eigenvalue weighted by Crippen LogP contribution is 2.21. The Morgan fingerprint density at radius 1 is 1.17 bits per heavy atom. The maximum atomic E-state index is 11.9. The zero-order valence-electron chi connectivity index (χ0n) is 17.4. The molecule has 2 aromatic carbocycles. The third-order valence-electron chi connectivity index (χ3n) is 4.85. The second kappa shape index (κ2) is 10.1. The summed E-state index contributed by atoms with van der Waals surface area (Å²) in [5, 5.41) is 2.95. The van der Waals surface area contributed by atoms with E-state index in [1.807, 2.05) is 37.3 Å². The number of hydrogen-bond donors (Lipinski definition) is 1. The summed E-state index contributed by atoms with van der Waals surface area (Å²) in [6.45, 7) is 5.49. The largest absolute Gasteiger partial charge is 0.494 e. The van der Waals surface area contributed by atoms with Gasteiger partial charge in [-0.25, -0.2) is 4.98 Å². The molecule has 0 saturated heterocycles. The smallest absolute Gasteiger partial charge is 0.246 e. The molecule has 1 N–H and O–H groups in total. The maximum Gasteiger partial charge on any atom is 0.246 e. The molecule has 154 valence electrons. The van der Waals surface area contributed by atoms with Crippen molar-refractivity contribution in [3.63, 3.8) is 0 Å². The number of benzene rings is 2. The van der Waals surface area contributed by atoms with Crippen LogP contribution in [0.1, 0.15) is 37.7 Å². The summed E-state index contributed by atoms with van der Waals surface area (Å²) in [6, 6.07) is 16.0. The minimum Gasteiger partial charge on any atom is -0.494 e. The Labute approximate surface area is 171 Å². The average Bonchev–Trinajstić information content (AvgIpc) is 3.10. The Kier molecular flexibility index (Phi) is 7.25. The number of aromatic nitrogens is 2. The number of methoxy groups -OCH3 is 1. The van der Waals surface area contributed by atoms with Gasteiger partial charge in [0.05, 0.1) is 23.7 Å². The standard InChI is InChI=1S/C23H29N3O3/c1-4-18-10-12-19(13-11-18)29-15-7-14-26-21-9-6-5-8-20(21)25-23(26)17(2)24-22(27)16-28-3/h5-6,8-13,17H,4,7,14-16H2,1-3H3,(H,24,27). The SMILES string of the molecule is CCc1ccc(OCCCn2c(C(C)NC(=O)COC)nc3ccccc32)cc1. The van der Waals surface area contributed by atoms with E-state index in [2.05, 4.69) is 35.0 Å². The number of carbonyl (C=O) groups excluding carboxylic acids is 1. The van der Waals surface area contributed by atoms with E-state index in [1.54, 1.807) is 0 Å². The van der Waals surface area contributed by atoms with Crippen molar-refractivity contribution < 1.29 is 14.3 Å². The number of rotatable bonds is 10. The molecule has 6 heteroatoms. The predicted molar refractivity (Wildman–Crippen MR) is 114 cm³/mol. The summed E-state index contributed by atoms with van der Waals surface area (Å²) < 4.78 is 13.0. The van der Waals surface area contributed by atoms with E-state index >= 15 is 0 Å². The number of hydrogen-bond acceptors (Lipinski definition) is 4. The first-order valence-electron chi connectivity index (χ1n) is 10.1. The first-order chi connectivity index (χ1) is 14.1. The van der Waals surface area contributed by atoms with Crippen molar-refractivity contribution in [2.45, 2.75) is 39.3 Å². The van der Waals surface area contributed by atoms with Gasteiger partial charge >= 0.3 is 0 Å². The number of nitrogens with one attached hydrogen (secondary N) is 1. The maximum absolute atomic E-state index is 11.9. The molecule has 1 heterocycles. The Bertz CT molecular complexity index is 934. The van der Waals surface area contributed by atoms with Crippen LogP contribution < -0.4 is 10.1 Å². The van der Waals surface area contributed by atoms with Crippen LogP contribution in [0.4, 0.5) is 0 Å². The molecule has 1 aromatic heterocycles. The van der Waals surface area contributed by atoms with Gasteiger partial charge in [0, 0.05) is 13.7 Å². The normalized spacial score (nSPS) is 12.1. The Hall–Kier alpha value is -2.86. The van der Waals surface area contributed by atoms with E-state index < -0.39 is 0 Å². The third-order valence-corrected chi connectivity index (χ3v) is 4.85. The van der Waals surface area contributed by atoms with Gasteiger partial charge in [-0.15, -0.1) is 0 Å². The van der Waals surface area contributed by atoms with E-state index in [0.29, 0.717) is 6.61 Å². The van der Waals surface area contributed by atoms with Gasteiger partial charge < -0.3 is 19.4 Å². The molecule has 1 atom stereocenters. The molecule has 1 amide bonds. The quantitative estimate of drug-likeness (QED) is 0.529. The molecule has 0 bridgehead atoms. The molecule has 0 aliphatic heterocycles. The molecule has 0 aliphatic carbocycles. The molecular weight excluding hydrogens is 366 g/mol. The van der Waals surface area contributed by atoms with Gasteiger partial charge in [-0.3, -0.25) is 4.79 Å². The molecular formula is C23H29N3O3.